The molecule has 0 heterocycles. The standard InChI is InChI=1S/C15H14FNO/c1-10-7-11(2)9-14(8-10)17-15(18)12-3-5-13(16)6-4-12/h3-9H,1-2H3,(H,17,18). The lowest BCUT2D eigenvalue weighted by molar-refractivity contribution is 0.102. The molecule has 2 rings (SSSR count). The van der Waals surface area contributed by atoms with Crippen LogP contribution in [0.1, 0.15) is 21.5 Å². The van der Waals surface area contributed by atoms with Gasteiger partial charge in [-0.05, 0) is 61.4 Å². The summed E-state index contributed by atoms with van der Waals surface area (Å²) in [6, 6.07) is 11.3. The van der Waals surface area contributed by atoms with E-state index >= 15 is 0 Å². The molecular formula is C15H14FNO. The van der Waals surface area contributed by atoms with Gasteiger partial charge in [-0.2, -0.15) is 0 Å². The summed E-state index contributed by atoms with van der Waals surface area (Å²) in [6.07, 6.45) is 0. The van der Waals surface area contributed by atoms with E-state index in [-0.39, 0.29) is 11.7 Å². The van der Waals surface area contributed by atoms with E-state index in [2.05, 4.69) is 5.32 Å². The van der Waals surface area contributed by atoms with Crippen molar-refractivity contribution >= 4 is 11.6 Å². The van der Waals surface area contributed by atoms with Gasteiger partial charge in [-0.3, -0.25) is 4.79 Å². The monoisotopic (exact) mass is 243 g/mol. The zero-order chi connectivity index (χ0) is 13.1. The Morgan fingerprint density at radius 1 is 1.00 bits per heavy atom. The van der Waals surface area contributed by atoms with Crippen LogP contribution in [0.15, 0.2) is 42.5 Å². The minimum absolute atomic E-state index is 0.236. The van der Waals surface area contributed by atoms with Gasteiger partial charge >= 0.3 is 0 Å². The molecule has 18 heavy (non-hydrogen) atoms. The number of carbonyl (C=O) groups is 1. The van der Waals surface area contributed by atoms with Gasteiger partial charge in [0, 0.05) is 11.3 Å². The van der Waals surface area contributed by atoms with Crippen molar-refractivity contribution in [3.8, 4) is 0 Å². The molecule has 0 fully saturated rings. The number of carbonyl (C=O) groups excluding carboxylic acids is 1. The Labute approximate surface area is 105 Å². The van der Waals surface area contributed by atoms with Crippen molar-refractivity contribution in [2.75, 3.05) is 5.32 Å². The van der Waals surface area contributed by atoms with E-state index in [0.717, 1.165) is 16.8 Å². The van der Waals surface area contributed by atoms with Crippen molar-refractivity contribution in [3.05, 3.63) is 65.0 Å². The molecule has 2 aromatic rings. The van der Waals surface area contributed by atoms with Crippen LogP contribution in [0.4, 0.5) is 10.1 Å². The summed E-state index contributed by atoms with van der Waals surface area (Å²) in [5.41, 5.74) is 3.37. The number of aryl methyl sites for hydroxylation is 2. The van der Waals surface area contributed by atoms with Gasteiger partial charge in [0.2, 0.25) is 0 Å². The van der Waals surface area contributed by atoms with Gasteiger partial charge in [-0.25, -0.2) is 4.39 Å². The fourth-order valence-electron chi connectivity index (χ4n) is 1.85. The predicted octanol–water partition coefficient (Wildman–Crippen LogP) is 3.69. The summed E-state index contributed by atoms with van der Waals surface area (Å²) >= 11 is 0. The second-order valence-corrected chi connectivity index (χ2v) is 4.34. The van der Waals surface area contributed by atoms with Crippen molar-refractivity contribution in [2.24, 2.45) is 0 Å². The SMILES string of the molecule is Cc1cc(C)cc(NC(=O)c2ccc(F)cc2)c1. The number of anilines is 1. The van der Waals surface area contributed by atoms with Crippen LogP contribution in [-0.2, 0) is 0 Å². The number of hydrogen-bond donors (Lipinski definition) is 1. The summed E-state index contributed by atoms with van der Waals surface area (Å²) in [7, 11) is 0. The smallest absolute Gasteiger partial charge is 0.255 e. The first kappa shape index (κ1) is 12.3. The molecule has 3 heteroatoms. The van der Waals surface area contributed by atoms with E-state index in [0.29, 0.717) is 5.56 Å². The van der Waals surface area contributed by atoms with Crippen molar-refractivity contribution in [2.45, 2.75) is 13.8 Å². The minimum Gasteiger partial charge on any atom is -0.322 e. The largest absolute Gasteiger partial charge is 0.322 e. The van der Waals surface area contributed by atoms with Gasteiger partial charge in [0.25, 0.3) is 5.91 Å². The highest BCUT2D eigenvalue weighted by atomic mass is 19.1. The lowest BCUT2D eigenvalue weighted by atomic mass is 10.1. The van der Waals surface area contributed by atoms with Gasteiger partial charge in [-0.15, -0.1) is 0 Å². The third-order valence-electron chi connectivity index (χ3n) is 2.59. The number of benzene rings is 2. The van der Waals surface area contributed by atoms with E-state index < -0.39 is 0 Å². The Balaban J connectivity index is 2.18. The summed E-state index contributed by atoms with van der Waals surface area (Å²) in [4.78, 5) is 11.9. The zero-order valence-corrected chi connectivity index (χ0v) is 10.3. The summed E-state index contributed by atoms with van der Waals surface area (Å²) in [5, 5.41) is 2.80. The molecule has 0 aromatic heterocycles. The fraction of sp³-hybridized carbons (Fsp3) is 0.133. The van der Waals surface area contributed by atoms with Crippen LogP contribution in [0.2, 0.25) is 0 Å². The molecule has 0 aliphatic heterocycles. The van der Waals surface area contributed by atoms with Gasteiger partial charge in [0.15, 0.2) is 0 Å². The van der Waals surface area contributed by atoms with Crippen molar-refractivity contribution < 1.29 is 9.18 Å². The molecule has 1 amide bonds. The Kier molecular flexibility index (Phi) is 3.42. The average molecular weight is 243 g/mol. The van der Waals surface area contributed by atoms with Crippen LogP contribution in [0, 0.1) is 19.7 Å². The van der Waals surface area contributed by atoms with Crippen LogP contribution in [0.3, 0.4) is 0 Å². The predicted molar refractivity (Wildman–Crippen MR) is 70.3 cm³/mol. The Morgan fingerprint density at radius 2 is 1.56 bits per heavy atom. The normalized spacial score (nSPS) is 10.2. The van der Waals surface area contributed by atoms with E-state index in [1.165, 1.54) is 24.3 Å². The Hall–Kier alpha value is -2.16. The molecule has 0 aliphatic rings. The number of amides is 1. The molecule has 0 atom stereocenters. The summed E-state index contributed by atoms with van der Waals surface area (Å²) < 4.78 is 12.8. The van der Waals surface area contributed by atoms with Gasteiger partial charge in [0.05, 0.1) is 0 Å². The van der Waals surface area contributed by atoms with Crippen LogP contribution < -0.4 is 5.32 Å². The maximum atomic E-state index is 12.8. The van der Waals surface area contributed by atoms with E-state index in [1.54, 1.807) is 0 Å². The molecule has 2 nitrogen and oxygen atoms in total. The highest BCUT2D eigenvalue weighted by molar-refractivity contribution is 6.04. The molecule has 0 bridgehead atoms. The van der Waals surface area contributed by atoms with E-state index in [4.69, 9.17) is 0 Å². The fourth-order valence-corrected chi connectivity index (χ4v) is 1.85. The third kappa shape index (κ3) is 2.94. The number of nitrogens with one attached hydrogen (secondary N) is 1. The molecule has 0 aliphatic carbocycles. The minimum atomic E-state index is -0.349. The average Bonchev–Trinajstić information content (AvgIpc) is 2.28. The molecule has 92 valence electrons. The Morgan fingerprint density at radius 3 is 2.11 bits per heavy atom. The first-order valence-electron chi connectivity index (χ1n) is 5.70. The Bertz CT molecular complexity index is 555. The van der Waals surface area contributed by atoms with Crippen LogP contribution in [0.5, 0.6) is 0 Å². The number of hydrogen-bond acceptors (Lipinski definition) is 1. The van der Waals surface area contributed by atoms with Gasteiger partial charge in [0.1, 0.15) is 5.82 Å². The van der Waals surface area contributed by atoms with Gasteiger partial charge < -0.3 is 5.32 Å². The number of rotatable bonds is 2. The zero-order valence-electron chi connectivity index (χ0n) is 10.3. The van der Waals surface area contributed by atoms with Crippen molar-refractivity contribution in [1.29, 1.82) is 0 Å². The second kappa shape index (κ2) is 5.00. The second-order valence-electron chi connectivity index (χ2n) is 4.34. The molecule has 0 saturated heterocycles. The van der Waals surface area contributed by atoms with E-state index in [1.807, 2.05) is 32.0 Å². The lowest BCUT2D eigenvalue weighted by Crippen LogP contribution is -2.12. The van der Waals surface area contributed by atoms with Crippen molar-refractivity contribution in [3.63, 3.8) is 0 Å². The van der Waals surface area contributed by atoms with Crippen LogP contribution in [0.25, 0.3) is 0 Å². The van der Waals surface area contributed by atoms with Gasteiger partial charge in [-0.1, -0.05) is 6.07 Å². The third-order valence-corrected chi connectivity index (χ3v) is 2.59. The molecular weight excluding hydrogens is 229 g/mol. The first-order valence-corrected chi connectivity index (χ1v) is 5.70. The topological polar surface area (TPSA) is 29.1 Å². The molecule has 0 radical (unpaired) electrons. The highest BCUT2D eigenvalue weighted by Gasteiger charge is 2.06. The van der Waals surface area contributed by atoms with E-state index in [9.17, 15) is 9.18 Å². The summed E-state index contributed by atoms with van der Waals surface area (Å²) in [5.74, 6) is -0.585. The quantitative estimate of drug-likeness (QED) is 0.856. The van der Waals surface area contributed by atoms with Crippen molar-refractivity contribution in [1.82, 2.24) is 0 Å². The summed E-state index contributed by atoms with van der Waals surface area (Å²) in [6.45, 7) is 3.95. The molecule has 0 unspecified atom stereocenters. The molecule has 0 spiro atoms. The number of halogens is 1. The van der Waals surface area contributed by atoms with Crippen LogP contribution >= 0.6 is 0 Å². The maximum absolute atomic E-state index is 12.8. The molecule has 2 aromatic carbocycles. The maximum Gasteiger partial charge on any atom is 0.255 e. The first-order chi connectivity index (χ1) is 8.54. The molecule has 0 saturated carbocycles. The lowest BCUT2D eigenvalue weighted by Gasteiger charge is -2.07. The molecule has 1 N–H and O–H groups in total. The van der Waals surface area contributed by atoms with Crippen LogP contribution in [-0.4, -0.2) is 5.91 Å². The highest BCUT2D eigenvalue weighted by Crippen LogP contribution is 2.15.